The summed E-state index contributed by atoms with van der Waals surface area (Å²) in [5.41, 5.74) is 6.21. The molecule has 0 saturated carbocycles. The second-order valence-corrected chi connectivity index (χ2v) is 4.17. The van der Waals surface area contributed by atoms with E-state index in [2.05, 4.69) is 38.1 Å². The second-order valence-electron chi connectivity index (χ2n) is 4.17. The SMILES string of the molecule is CCCCC1=C(C)c2ccccc2C1. The highest BCUT2D eigenvalue weighted by Gasteiger charge is 2.16. The molecule has 74 valence electrons. The Morgan fingerprint density at radius 1 is 1.21 bits per heavy atom. The van der Waals surface area contributed by atoms with E-state index in [-0.39, 0.29) is 0 Å². The Balaban J connectivity index is 2.21. The molecule has 0 fully saturated rings. The van der Waals surface area contributed by atoms with E-state index in [0.717, 1.165) is 0 Å². The van der Waals surface area contributed by atoms with Gasteiger partial charge in [-0.3, -0.25) is 0 Å². The second kappa shape index (κ2) is 4.00. The maximum atomic E-state index is 2.27. The molecule has 0 atom stereocenters. The van der Waals surface area contributed by atoms with Gasteiger partial charge in [-0.2, -0.15) is 0 Å². The number of unbranched alkanes of at least 4 members (excludes halogenated alkanes) is 1. The molecule has 0 heterocycles. The van der Waals surface area contributed by atoms with Crippen LogP contribution in [0.4, 0.5) is 0 Å². The van der Waals surface area contributed by atoms with Crippen LogP contribution in [0.5, 0.6) is 0 Å². The van der Waals surface area contributed by atoms with Gasteiger partial charge in [-0.15, -0.1) is 0 Å². The van der Waals surface area contributed by atoms with Gasteiger partial charge in [0.25, 0.3) is 0 Å². The largest absolute Gasteiger partial charge is 0.0654 e. The fourth-order valence-corrected chi connectivity index (χ4v) is 2.26. The van der Waals surface area contributed by atoms with Crippen LogP contribution >= 0.6 is 0 Å². The first-order valence-corrected chi connectivity index (χ1v) is 5.60. The molecular formula is C14H18. The summed E-state index contributed by atoms with van der Waals surface area (Å²) < 4.78 is 0. The Labute approximate surface area is 86.7 Å². The van der Waals surface area contributed by atoms with Gasteiger partial charge in [-0.05, 0) is 42.9 Å². The smallest absolute Gasteiger partial charge is 0.00551 e. The molecule has 2 rings (SSSR count). The molecule has 1 aliphatic rings. The van der Waals surface area contributed by atoms with Gasteiger partial charge in [0, 0.05) is 0 Å². The van der Waals surface area contributed by atoms with Crippen LogP contribution in [0.3, 0.4) is 0 Å². The van der Waals surface area contributed by atoms with Gasteiger partial charge >= 0.3 is 0 Å². The number of rotatable bonds is 3. The van der Waals surface area contributed by atoms with E-state index < -0.39 is 0 Å². The van der Waals surface area contributed by atoms with Crippen LogP contribution in [-0.2, 0) is 6.42 Å². The van der Waals surface area contributed by atoms with Crippen molar-refractivity contribution in [3.05, 3.63) is 41.0 Å². The zero-order chi connectivity index (χ0) is 9.97. The van der Waals surface area contributed by atoms with Crippen molar-refractivity contribution in [2.45, 2.75) is 39.5 Å². The van der Waals surface area contributed by atoms with Crippen LogP contribution in [0.15, 0.2) is 29.8 Å². The quantitative estimate of drug-likeness (QED) is 0.663. The van der Waals surface area contributed by atoms with Crippen LogP contribution in [0.2, 0.25) is 0 Å². The van der Waals surface area contributed by atoms with Crippen LogP contribution in [0.25, 0.3) is 5.57 Å². The third-order valence-electron chi connectivity index (χ3n) is 3.19. The van der Waals surface area contributed by atoms with Gasteiger partial charge in [0.1, 0.15) is 0 Å². The normalized spacial score (nSPS) is 14.7. The molecule has 0 spiro atoms. The number of hydrogen-bond donors (Lipinski definition) is 0. The molecular weight excluding hydrogens is 168 g/mol. The first kappa shape index (κ1) is 9.51. The van der Waals surface area contributed by atoms with Crippen LogP contribution in [0, 0.1) is 0 Å². The molecule has 0 heteroatoms. The van der Waals surface area contributed by atoms with Crippen molar-refractivity contribution in [3.63, 3.8) is 0 Å². The molecule has 1 aromatic rings. The molecule has 0 bridgehead atoms. The molecule has 0 saturated heterocycles. The van der Waals surface area contributed by atoms with Gasteiger partial charge < -0.3 is 0 Å². The number of allylic oxidation sites excluding steroid dienone is 2. The Kier molecular flexibility index (Phi) is 2.72. The van der Waals surface area contributed by atoms with Crippen molar-refractivity contribution in [3.8, 4) is 0 Å². The average molecular weight is 186 g/mol. The fraction of sp³-hybridized carbons (Fsp3) is 0.429. The van der Waals surface area contributed by atoms with E-state index in [9.17, 15) is 0 Å². The van der Waals surface area contributed by atoms with E-state index >= 15 is 0 Å². The average Bonchev–Trinajstić information content (AvgIpc) is 2.54. The molecule has 14 heavy (non-hydrogen) atoms. The summed E-state index contributed by atoms with van der Waals surface area (Å²) in [5, 5.41) is 0. The summed E-state index contributed by atoms with van der Waals surface area (Å²) in [6.07, 6.45) is 5.12. The van der Waals surface area contributed by atoms with Crippen molar-refractivity contribution < 1.29 is 0 Å². The molecule has 0 N–H and O–H groups in total. The number of fused-ring (bicyclic) bond motifs is 1. The van der Waals surface area contributed by atoms with E-state index in [1.165, 1.54) is 42.4 Å². The molecule has 1 aliphatic carbocycles. The van der Waals surface area contributed by atoms with Gasteiger partial charge in [-0.1, -0.05) is 43.2 Å². The van der Waals surface area contributed by atoms with Crippen molar-refractivity contribution >= 4 is 5.57 Å². The van der Waals surface area contributed by atoms with Crippen molar-refractivity contribution in [2.75, 3.05) is 0 Å². The molecule has 0 unspecified atom stereocenters. The Morgan fingerprint density at radius 3 is 2.71 bits per heavy atom. The lowest BCUT2D eigenvalue weighted by atomic mass is 10.0. The predicted molar refractivity (Wildman–Crippen MR) is 62.3 cm³/mol. The van der Waals surface area contributed by atoms with Crippen molar-refractivity contribution in [1.29, 1.82) is 0 Å². The standard InChI is InChI=1S/C14H18/c1-3-4-7-12-10-13-8-5-6-9-14(13)11(12)2/h5-6,8-9H,3-4,7,10H2,1-2H3. The lowest BCUT2D eigenvalue weighted by Crippen LogP contribution is -1.84. The molecule has 0 amide bonds. The summed E-state index contributed by atoms with van der Waals surface area (Å²) >= 11 is 0. The predicted octanol–water partition coefficient (Wildman–Crippen LogP) is 4.21. The van der Waals surface area contributed by atoms with Gasteiger partial charge in [0.05, 0.1) is 0 Å². The van der Waals surface area contributed by atoms with Gasteiger partial charge in [0.2, 0.25) is 0 Å². The lowest BCUT2D eigenvalue weighted by Gasteiger charge is -2.01. The zero-order valence-corrected chi connectivity index (χ0v) is 9.14. The number of benzene rings is 1. The fourth-order valence-electron chi connectivity index (χ4n) is 2.26. The Morgan fingerprint density at radius 2 is 2.00 bits per heavy atom. The van der Waals surface area contributed by atoms with E-state index in [1.807, 2.05) is 0 Å². The maximum absolute atomic E-state index is 2.27. The van der Waals surface area contributed by atoms with Crippen molar-refractivity contribution in [1.82, 2.24) is 0 Å². The first-order valence-electron chi connectivity index (χ1n) is 5.60. The van der Waals surface area contributed by atoms with E-state index in [1.54, 1.807) is 5.57 Å². The minimum Gasteiger partial charge on any atom is -0.0654 e. The highest BCUT2D eigenvalue weighted by atomic mass is 14.2. The minimum atomic E-state index is 1.20. The molecule has 0 aliphatic heterocycles. The van der Waals surface area contributed by atoms with E-state index in [4.69, 9.17) is 0 Å². The summed E-state index contributed by atoms with van der Waals surface area (Å²) in [7, 11) is 0. The summed E-state index contributed by atoms with van der Waals surface area (Å²) in [6, 6.07) is 8.81. The maximum Gasteiger partial charge on any atom is -0.00551 e. The molecule has 1 aromatic carbocycles. The summed E-state index contributed by atoms with van der Waals surface area (Å²) in [4.78, 5) is 0. The van der Waals surface area contributed by atoms with Crippen molar-refractivity contribution in [2.24, 2.45) is 0 Å². The third-order valence-corrected chi connectivity index (χ3v) is 3.19. The summed E-state index contributed by atoms with van der Waals surface area (Å²) in [5.74, 6) is 0. The third kappa shape index (κ3) is 1.61. The minimum absolute atomic E-state index is 1.20. The summed E-state index contributed by atoms with van der Waals surface area (Å²) in [6.45, 7) is 4.54. The highest BCUT2D eigenvalue weighted by Crippen LogP contribution is 2.34. The first-order chi connectivity index (χ1) is 6.83. The zero-order valence-electron chi connectivity index (χ0n) is 9.14. The van der Waals surface area contributed by atoms with Crippen LogP contribution in [-0.4, -0.2) is 0 Å². The molecule has 0 nitrogen and oxygen atoms in total. The van der Waals surface area contributed by atoms with Gasteiger partial charge in [-0.25, -0.2) is 0 Å². The van der Waals surface area contributed by atoms with Gasteiger partial charge in [0.15, 0.2) is 0 Å². The van der Waals surface area contributed by atoms with Crippen LogP contribution in [0.1, 0.15) is 44.2 Å². The lowest BCUT2D eigenvalue weighted by molar-refractivity contribution is 0.777. The molecule has 0 aromatic heterocycles. The Hall–Kier alpha value is -1.04. The topological polar surface area (TPSA) is 0 Å². The number of hydrogen-bond acceptors (Lipinski definition) is 0. The van der Waals surface area contributed by atoms with E-state index in [0.29, 0.717) is 0 Å². The monoisotopic (exact) mass is 186 g/mol. The highest BCUT2D eigenvalue weighted by molar-refractivity contribution is 5.74. The molecule has 0 radical (unpaired) electrons. The van der Waals surface area contributed by atoms with Crippen LogP contribution < -0.4 is 0 Å². The Bertz CT molecular complexity index is 358.